The van der Waals surface area contributed by atoms with Gasteiger partial charge in [0.2, 0.25) is 0 Å². The summed E-state index contributed by atoms with van der Waals surface area (Å²) in [5.41, 5.74) is -0.107. The molecule has 2 N–H and O–H groups in total. The Bertz CT molecular complexity index is 263. The topological polar surface area (TPSA) is 52.9 Å². The quantitative estimate of drug-likeness (QED) is 0.741. The zero-order valence-corrected chi connectivity index (χ0v) is 11.9. The zero-order chi connectivity index (χ0) is 13.4. The predicted molar refractivity (Wildman–Crippen MR) is 67.1 cm³/mol. The van der Waals surface area contributed by atoms with Gasteiger partial charge >= 0.3 is 0 Å². The van der Waals surface area contributed by atoms with E-state index in [9.17, 15) is 0 Å². The van der Waals surface area contributed by atoms with Crippen LogP contribution in [0, 0.1) is 11.8 Å². The van der Waals surface area contributed by atoms with Crippen molar-refractivity contribution in [3.05, 3.63) is 0 Å². The van der Waals surface area contributed by atoms with Crippen molar-refractivity contribution in [1.82, 2.24) is 5.06 Å². The van der Waals surface area contributed by atoms with Crippen LogP contribution in [-0.2, 0) is 4.84 Å². The highest BCUT2D eigenvalue weighted by atomic mass is 16.7. The van der Waals surface area contributed by atoms with Gasteiger partial charge in [0.05, 0.1) is 7.11 Å². The largest absolute Gasteiger partial charge is 0.368 e. The van der Waals surface area contributed by atoms with Crippen molar-refractivity contribution in [2.75, 3.05) is 7.11 Å². The smallest absolute Gasteiger partial charge is 0.151 e. The van der Waals surface area contributed by atoms with E-state index in [1.54, 1.807) is 7.11 Å². The number of nitrogens with zero attached hydrogens (tertiary/aromatic N) is 1. The molecule has 1 fully saturated rings. The Morgan fingerprint density at radius 1 is 1.29 bits per heavy atom. The number of hydrogen-bond acceptors (Lipinski definition) is 4. The highest BCUT2D eigenvalue weighted by Crippen LogP contribution is 2.48. The lowest BCUT2D eigenvalue weighted by Gasteiger charge is -2.40. The Kier molecular flexibility index (Phi) is 4.24. The van der Waals surface area contributed by atoms with E-state index >= 15 is 0 Å². The molecular formula is C13H27NO3. The summed E-state index contributed by atoms with van der Waals surface area (Å²) in [5.74, 6) is 0.642. The SMILES string of the molecule is CON1C(C)(C)CC(C(C)CC(O)O)C1(C)C. The van der Waals surface area contributed by atoms with Crippen LogP contribution in [-0.4, -0.2) is 39.8 Å². The van der Waals surface area contributed by atoms with Gasteiger partial charge in [-0.2, -0.15) is 5.06 Å². The first kappa shape index (κ1) is 14.9. The fourth-order valence-electron chi connectivity index (χ4n) is 3.68. The molecule has 0 aliphatic carbocycles. The van der Waals surface area contributed by atoms with Crippen LogP contribution in [0.2, 0.25) is 0 Å². The van der Waals surface area contributed by atoms with Crippen LogP contribution in [0.1, 0.15) is 47.5 Å². The van der Waals surface area contributed by atoms with Gasteiger partial charge in [0, 0.05) is 17.5 Å². The van der Waals surface area contributed by atoms with Gasteiger partial charge in [-0.3, -0.25) is 0 Å². The normalized spacial score (nSPS) is 29.8. The van der Waals surface area contributed by atoms with Gasteiger partial charge in [0.1, 0.15) is 0 Å². The van der Waals surface area contributed by atoms with Crippen molar-refractivity contribution in [1.29, 1.82) is 0 Å². The van der Waals surface area contributed by atoms with Crippen molar-refractivity contribution in [2.24, 2.45) is 11.8 Å². The molecule has 0 aromatic heterocycles. The molecule has 4 heteroatoms. The van der Waals surface area contributed by atoms with Crippen LogP contribution in [0.3, 0.4) is 0 Å². The van der Waals surface area contributed by atoms with E-state index < -0.39 is 6.29 Å². The molecule has 4 nitrogen and oxygen atoms in total. The van der Waals surface area contributed by atoms with E-state index in [2.05, 4.69) is 34.6 Å². The van der Waals surface area contributed by atoms with E-state index in [1.807, 2.05) is 5.06 Å². The van der Waals surface area contributed by atoms with Crippen LogP contribution in [0.15, 0.2) is 0 Å². The first-order valence-electron chi connectivity index (χ1n) is 6.33. The van der Waals surface area contributed by atoms with Crippen LogP contribution < -0.4 is 0 Å². The molecule has 1 heterocycles. The molecular weight excluding hydrogens is 218 g/mol. The molecule has 0 radical (unpaired) electrons. The summed E-state index contributed by atoms with van der Waals surface area (Å²) in [4.78, 5) is 5.54. The fourth-order valence-corrected chi connectivity index (χ4v) is 3.68. The lowest BCUT2D eigenvalue weighted by molar-refractivity contribution is -0.225. The minimum absolute atomic E-state index is 0.0163. The molecule has 1 saturated heterocycles. The summed E-state index contributed by atoms with van der Waals surface area (Å²) in [7, 11) is 1.71. The molecule has 1 aliphatic rings. The third-order valence-electron chi connectivity index (χ3n) is 4.15. The lowest BCUT2D eigenvalue weighted by Crippen LogP contribution is -2.49. The molecule has 2 atom stereocenters. The van der Waals surface area contributed by atoms with E-state index in [1.165, 1.54) is 0 Å². The third-order valence-corrected chi connectivity index (χ3v) is 4.15. The van der Waals surface area contributed by atoms with E-state index in [0.29, 0.717) is 12.3 Å². The Balaban J connectivity index is 2.88. The molecule has 17 heavy (non-hydrogen) atoms. The van der Waals surface area contributed by atoms with Crippen molar-refractivity contribution >= 4 is 0 Å². The predicted octanol–water partition coefficient (Wildman–Crippen LogP) is 1.76. The van der Waals surface area contributed by atoms with Crippen molar-refractivity contribution in [3.63, 3.8) is 0 Å². The van der Waals surface area contributed by atoms with Crippen molar-refractivity contribution in [3.8, 4) is 0 Å². The molecule has 0 aromatic carbocycles. The maximum atomic E-state index is 9.12. The second kappa shape index (κ2) is 4.84. The monoisotopic (exact) mass is 245 g/mol. The average molecular weight is 245 g/mol. The van der Waals surface area contributed by atoms with Crippen LogP contribution >= 0.6 is 0 Å². The van der Waals surface area contributed by atoms with Gasteiger partial charge in [-0.1, -0.05) is 6.92 Å². The third kappa shape index (κ3) is 2.81. The summed E-state index contributed by atoms with van der Waals surface area (Å²) < 4.78 is 0. The summed E-state index contributed by atoms with van der Waals surface area (Å²) in [6.45, 7) is 10.7. The first-order chi connectivity index (χ1) is 7.63. The molecule has 102 valence electrons. The van der Waals surface area contributed by atoms with Crippen LogP contribution in [0.5, 0.6) is 0 Å². The Morgan fingerprint density at radius 3 is 2.18 bits per heavy atom. The molecule has 0 saturated carbocycles. The molecule has 1 rings (SSSR count). The average Bonchev–Trinajstić information content (AvgIpc) is 2.30. The molecule has 1 aliphatic heterocycles. The van der Waals surface area contributed by atoms with Gasteiger partial charge in [-0.15, -0.1) is 0 Å². The standard InChI is InChI=1S/C13H27NO3/c1-9(7-11(15)16)10-8-12(2,3)14(17-6)13(10,4)5/h9-11,15-16H,7-8H2,1-6H3. The minimum atomic E-state index is -1.22. The molecule has 0 bridgehead atoms. The van der Waals surface area contributed by atoms with E-state index in [4.69, 9.17) is 15.1 Å². The number of hydroxylamine groups is 2. The second-order valence-corrected chi connectivity index (χ2v) is 6.45. The molecule has 0 spiro atoms. The van der Waals surface area contributed by atoms with E-state index in [0.717, 1.165) is 6.42 Å². The van der Waals surface area contributed by atoms with Gasteiger partial charge < -0.3 is 15.1 Å². The zero-order valence-electron chi connectivity index (χ0n) is 11.9. The van der Waals surface area contributed by atoms with Crippen LogP contribution in [0.4, 0.5) is 0 Å². The highest BCUT2D eigenvalue weighted by molar-refractivity contribution is 5.03. The maximum Gasteiger partial charge on any atom is 0.151 e. The number of aliphatic hydroxyl groups excluding tert-OH is 1. The summed E-state index contributed by atoms with van der Waals surface area (Å²) in [6.07, 6.45) is 0.198. The Labute approximate surface area is 105 Å². The minimum Gasteiger partial charge on any atom is -0.368 e. The van der Waals surface area contributed by atoms with Crippen molar-refractivity contribution < 1.29 is 15.1 Å². The summed E-state index contributed by atoms with van der Waals surface area (Å²) >= 11 is 0. The van der Waals surface area contributed by atoms with Gasteiger partial charge in [0.25, 0.3) is 0 Å². The maximum absolute atomic E-state index is 9.12. The highest BCUT2D eigenvalue weighted by Gasteiger charge is 2.53. The second-order valence-electron chi connectivity index (χ2n) is 6.45. The van der Waals surface area contributed by atoms with Crippen LogP contribution in [0.25, 0.3) is 0 Å². The number of hydrogen-bond donors (Lipinski definition) is 2. The number of aliphatic hydroxyl groups is 2. The van der Waals surface area contributed by atoms with Crippen molar-refractivity contribution in [2.45, 2.75) is 64.8 Å². The summed E-state index contributed by atoms with van der Waals surface area (Å²) in [6, 6.07) is 0. The van der Waals surface area contributed by atoms with Gasteiger partial charge in [-0.25, -0.2) is 0 Å². The molecule has 0 aromatic rings. The fraction of sp³-hybridized carbons (Fsp3) is 1.00. The van der Waals surface area contributed by atoms with Gasteiger partial charge in [-0.05, 0) is 46.0 Å². The Morgan fingerprint density at radius 2 is 1.82 bits per heavy atom. The lowest BCUT2D eigenvalue weighted by atomic mass is 9.77. The first-order valence-corrected chi connectivity index (χ1v) is 6.33. The van der Waals surface area contributed by atoms with E-state index in [-0.39, 0.29) is 17.0 Å². The van der Waals surface area contributed by atoms with Gasteiger partial charge in [0.15, 0.2) is 6.29 Å². The number of rotatable bonds is 4. The Hall–Kier alpha value is -0.160. The summed E-state index contributed by atoms with van der Waals surface area (Å²) in [5, 5.41) is 20.3. The molecule has 2 unspecified atom stereocenters. The molecule has 0 amide bonds.